The number of hydrogen-bond donors (Lipinski definition) is 1. The fourth-order valence-corrected chi connectivity index (χ4v) is 2.86. The van der Waals surface area contributed by atoms with Crippen molar-refractivity contribution in [3.63, 3.8) is 0 Å². The number of carbonyl (C=O) groups is 1. The SMILES string of the molecule is COc1cc(OC)c2c(c1Br)OC(=Cc1ccc(O)cc1)C2=O. The maximum atomic E-state index is 12.6. The van der Waals surface area contributed by atoms with Gasteiger partial charge in [-0.1, -0.05) is 12.1 Å². The zero-order chi connectivity index (χ0) is 16.6. The average Bonchev–Trinajstić information content (AvgIpc) is 2.88. The third-order valence-corrected chi connectivity index (χ3v) is 4.20. The highest BCUT2D eigenvalue weighted by molar-refractivity contribution is 9.10. The van der Waals surface area contributed by atoms with Crippen LogP contribution in [-0.2, 0) is 0 Å². The number of allylic oxidation sites excluding steroid dienone is 1. The maximum absolute atomic E-state index is 12.6. The maximum Gasteiger partial charge on any atom is 0.235 e. The summed E-state index contributed by atoms with van der Waals surface area (Å²) in [5.74, 6) is 1.34. The summed E-state index contributed by atoms with van der Waals surface area (Å²) in [6, 6.07) is 8.09. The van der Waals surface area contributed by atoms with Crippen molar-refractivity contribution in [1.29, 1.82) is 0 Å². The van der Waals surface area contributed by atoms with E-state index in [1.807, 2.05) is 0 Å². The van der Waals surface area contributed by atoms with E-state index in [2.05, 4.69) is 15.9 Å². The van der Waals surface area contributed by atoms with Crippen molar-refractivity contribution in [2.24, 2.45) is 0 Å². The summed E-state index contributed by atoms with van der Waals surface area (Å²) in [5.41, 5.74) is 1.09. The van der Waals surface area contributed by atoms with E-state index in [0.717, 1.165) is 5.56 Å². The first-order valence-electron chi connectivity index (χ1n) is 6.73. The Bertz CT molecular complexity index is 809. The van der Waals surface area contributed by atoms with Crippen molar-refractivity contribution in [1.82, 2.24) is 0 Å². The van der Waals surface area contributed by atoms with Gasteiger partial charge in [-0.15, -0.1) is 0 Å². The Labute approximate surface area is 141 Å². The summed E-state index contributed by atoms with van der Waals surface area (Å²) in [6.07, 6.45) is 1.61. The molecule has 0 saturated carbocycles. The number of ether oxygens (including phenoxy) is 3. The Balaban J connectivity index is 2.08. The predicted molar refractivity (Wildman–Crippen MR) is 88.3 cm³/mol. The minimum Gasteiger partial charge on any atom is -0.508 e. The van der Waals surface area contributed by atoms with Gasteiger partial charge in [0.1, 0.15) is 27.3 Å². The zero-order valence-corrected chi connectivity index (χ0v) is 14.0. The number of benzene rings is 2. The summed E-state index contributed by atoms with van der Waals surface area (Å²) in [6.45, 7) is 0. The molecule has 1 heterocycles. The number of carbonyl (C=O) groups excluding carboxylic acids is 1. The molecule has 1 aliphatic heterocycles. The standard InChI is InChI=1S/C17H13BrO5/c1-21-11-8-12(22-2)15(18)17-14(11)16(20)13(23-17)7-9-3-5-10(19)6-4-9/h3-8,19H,1-2H3. The highest BCUT2D eigenvalue weighted by Crippen LogP contribution is 2.48. The molecule has 1 aliphatic rings. The molecular weight excluding hydrogens is 364 g/mol. The van der Waals surface area contributed by atoms with Crippen molar-refractivity contribution in [3.05, 3.63) is 51.7 Å². The summed E-state index contributed by atoms with van der Waals surface area (Å²) >= 11 is 3.39. The molecule has 118 valence electrons. The van der Waals surface area contributed by atoms with Gasteiger partial charge in [0.2, 0.25) is 5.78 Å². The second kappa shape index (κ2) is 5.96. The highest BCUT2D eigenvalue weighted by Gasteiger charge is 2.34. The van der Waals surface area contributed by atoms with Crippen molar-refractivity contribution in [2.75, 3.05) is 14.2 Å². The van der Waals surface area contributed by atoms with E-state index < -0.39 is 0 Å². The van der Waals surface area contributed by atoms with Gasteiger partial charge in [-0.25, -0.2) is 0 Å². The van der Waals surface area contributed by atoms with Crippen LogP contribution in [0.15, 0.2) is 40.6 Å². The molecule has 2 aromatic rings. The minimum absolute atomic E-state index is 0.156. The highest BCUT2D eigenvalue weighted by atomic mass is 79.9. The molecule has 2 aromatic carbocycles. The van der Waals surface area contributed by atoms with E-state index in [0.29, 0.717) is 27.3 Å². The Hall–Kier alpha value is -2.47. The summed E-state index contributed by atoms with van der Waals surface area (Å²) in [7, 11) is 3.01. The van der Waals surface area contributed by atoms with Crippen LogP contribution in [-0.4, -0.2) is 25.1 Å². The number of fused-ring (bicyclic) bond motifs is 1. The average molecular weight is 377 g/mol. The quantitative estimate of drug-likeness (QED) is 0.825. The molecule has 1 N–H and O–H groups in total. The third kappa shape index (κ3) is 2.66. The van der Waals surface area contributed by atoms with Gasteiger partial charge < -0.3 is 19.3 Å². The second-order valence-electron chi connectivity index (χ2n) is 4.83. The molecule has 0 aromatic heterocycles. The van der Waals surface area contributed by atoms with E-state index >= 15 is 0 Å². The first-order chi connectivity index (χ1) is 11.0. The van der Waals surface area contributed by atoms with E-state index in [1.165, 1.54) is 14.2 Å². The van der Waals surface area contributed by atoms with Crippen molar-refractivity contribution < 1.29 is 24.1 Å². The molecule has 0 unspecified atom stereocenters. The number of aromatic hydroxyl groups is 1. The Morgan fingerprint density at radius 2 is 1.78 bits per heavy atom. The number of Topliss-reactive ketones (excluding diaryl/α,β-unsaturated/α-hetero) is 1. The van der Waals surface area contributed by atoms with Gasteiger partial charge in [0, 0.05) is 6.07 Å². The van der Waals surface area contributed by atoms with Gasteiger partial charge in [-0.3, -0.25) is 4.79 Å². The van der Waals surface area contributed by atoms with E-state index in [9.17, 15) is 9.90 Å². The van der Waals surface area contributed by atoms with E-state index in [-0.39, 0.29) is 17.3 Å². The molecule has 0 spiro atoms. The lowest BCUT2D eigenvalue weighted by molar-refractivity contribution is 0.101. The Morgan fingerprint density at radius 3 is 2.39 bits per heavy atom. The molecular formula is C17H13BrO5. The van der Waals surface area contributed by atoms with Crippen molar-refractivity contribution >= 4 is 27.8 Å². The third-order valence-electron chi connectivity index (χ3n) is 3.44. The lowest BCUT2D eigenvalue weighted by atomic mass is 10.1. The lowest BCUT2D eigenvalue weighted by Crippen LogP contribution is -2.00. The lowest BCUT2D eigenvalue weighted by Gasteiger charge is -2.10. The molecule has 0 fully saturated rings. The van der Waals surface area contributed by atoms with Gasteiger partial charge in [-0.2, -0.15) is 0 Å². The monoisotopic (exact) mass is 376 g/mol. The molecule has 3 rings (SSSR count). The zero-order valence-electron chi connectivity index (χ0n) is 12.4. The first kappa shape index (κ1) is 15.4. The predicted octanol–water partition coefficient (Wildman–Crippen LogP) is 3.79. The number of phenolic OH excluding ortho intramolecular Hbond substituents is 1. The molecule has 0 radical (unpaired) electrons. The van der Waals surface area contributed by atoms with Crippen LogP contribution < -0.4 is 14.2 Å². The minimum atomic E-state index is -0.270. The Morgan fingerprint density at radius 1 is 1.13 bits per heavy atom. The molecule has 0 bridgehead atoms. The summed E-state index contributed by atoms with van der Waals surface area (Å²) in [5, 5.41) is 9.32. The molecule has 0 amide bonds. The number of phenols is 1. The molecule has 5 nitrogen and oxygen atoms in total. The smallest absolute Gasteiger partial charge is 0.235 e. The van der Waals surface area contributed by atoms with Gasteiger partial charge in [0.05, 0.1) is 14.2 Å². The summed E-state index contributed by atoms with van der Waals surface area (Å²) in [4.78, 5) is 12.6. The van der Waals surface area contributed by atoms with Crippen molar-refractivity contribution in [3.8, 4) is 23.0 Å². The van der Waals surface area contributed by atoms with Gasteiger partial charge in [-0.05, 0) is 39.7 Å². The number of rotatable bonds is 3. The second-order valence-corrected chi connectivity index (χ2v) is 5.62. The van der Waals surface area contributed by atoms with E-state index in [4.69, 9.17) is 14.2 Å². The number of methoxy groups -OCH3 is 2. The van der Waals surface area contributed by atoms with Crippen LogP contribution in [0.3, 0.4) is 0 Å². The van der Waals surface area contributed by atoms with Crippen LogP contribution in [0.2, 0.25) is 0 Å². The Kier molecular flexibility index (Phi) is 4.00. The van der Waals surface area contributed by atoms with E-state index in [1.54, 1.807) is 36.4 Å². The van der Waals surface area contributed by atoms with Gasteiger partial charge in [0.15, 0.2) is 11.5 Å². The summed E-state index contributed by atoms with van der Waals surface area (Å²) < 4.78 is 16.8. The van der Waals surface area contributed by atoms with Crippen LogP contribution >= 0.6 is 15.9 Å². The van der Waals surface area contributed by atoms with Crippen LogP contribution in [0.4, 0.5) is 0 Å². The van der Waals surface area contributed by atoms with Crippen LogP contribution in [0.1, 0.15) is 15.9 Å². The topological polar surface area (TPSA) is 65.0 Å². The van der Waals surface area contributed by atoms with Gasteiger partial charge >= 0.3 is 0 Å². The number of ketones is 1. The molecule has 23 heavy (non-hydrogen) atoms. The molecule has 0 saturated heterocycles. The van der Waals surface area contributed by atoms with Crippen LogP contribution in [0, 0.1) is 0 Å². The number of hydrogen-bond acceptors (Lipinski definition) is 5. The fraction of sp³-hybridized carbons (Fsp3) is 0.118. The van der Waals surface area contributed by atoms with Crippen molar-refractivity contribution in [2.45, 2.75) is 0 Å². The van der Waals surface area contributed by atoms with Gasteiger partial charge in [0.25, 0.3) is 0 Å². The molecule has 0 atom stereocenters. The normalized spacial score (nSPS) is 14.6. The first-order valence-corrected chi connectivity index (χ1v) is 7.52. The van der Waals surface area contributed by atoms with Crippen LogP contribution in [0.5, 0.6) is 23.0 Å². The molecule has 0 aliphatic carbocycles. The number of halogens is 1. The van der Waals surface area contributed by atoms with Crippen LogP contribution in [0.25, 0.3) is 6.08 Å². The molecule has 6 heteroatoms. The largest absolute Gasteiger partial charge is 0.508 e. The fourth-order valence-electron chi connectivity index (χ4n) is 2.30.